The van der Waals surface area contributed by atoms with E-state index in [9.17, 15) is 9.90 Å². The molecule has 1 saturated heterocycles. The summed E-state index contributed by atoms with van der Waals surface area (Å²) in [6.45, 7) is 9.46. The van der Waals surface area contributed by atoms with Crippen LogP contribution < -0.4 is 5.32 Å². The second kappa shape index (κ2) is 6.31. The smallest absolute Gasteiger partial charge is 0.317 e. The fourth-order valence-corrected chi connectivity index (χ4v) is 2.94. The van der Waals surface area contributed by atoms with Crippen LogP contribution in [0.2, 0.25) is 0 Å². The summed E-state index contributed by atoms with van der Waals surface area (Å²) in [5.74, 6) is 0.584. The molecule has 1 aliphatic carbocycles. The van der Waals surface area contributed by atoms with Crippen molar-refractivity contribution in [3.8, 4) is 0 Å². The second-order valence-electron chi connectivity index (χ2n) is 6.89. The molecule has 0 aromatic heterocycles. The van der Waals surface area contributed by atoms with Gasteiger partial charge < -0.3 is 20.2 Å². The first-order valence-electron chi connectivity index (χ1n) is 7.88. The molecule has 1 heterocycles. The van der Waals surface area contributed by atoms with E-state index in [-0.39, 0.29) is 6.03 Å². The molecule has 2 aliphatic rings. The number of likely N-dealkylation sites (tertiary alicyclic amines) is 1. The van der Waals surface area contributed by atoms with Crippen LogP contribution in [0.15, 0.2) is 0 Å². The Morgan fingerprint density at radius 1 is 1.40 bits per heavy atom. The first-order valence-corrected chi connectivity index (χ1v) is 7.88. The predicted octanol–water partition coefficient (Wildman–Crippen LogP) is 1.27. The Hall–Kier alpha value is -0.810. The number of carbonyl (C=O) groups is 1. The molecular formula is C15H29N3O2. The molecule has 1 atom stereocenters. The van der Waals surface area contributed by atoms with Gasteiger partial charge in [-0.3, -0.25) is 0 Å². The lowest BCUT2D eigenvalue weighted by molar-refractivity contribution is 0.0479. The predicted molar refractivity (Wildman–Crippen MR) is 79.6 cm³/mol. The number of nitrogens with one attached hydrogen (secondary N) is 1. The van der Waals surface area contributed by atoms with Crippen molar-refractivity contribution in [1.29, 1.82) is 0 Å². The van der Waals surface area contributed by atoms with Gasteiger partial charge in [0.05, 0.1) is 12.1 Å². The van der Waals surface area contributed by atoms with E-state index in [4.69, 9.17) is 0 Å². The number of nitrogens with zero attached hydrogens (tertiary/aromatic N) is 2. The minimum Gasteiger partial charge on any atom is -0.389 e. The SMILES string of the molecule is CCN(CC(C)(C)O)C(=O)NCC1CCN(C2CC2)C1. The van der Waals surface area contributed by atoms with E-state index in [1.165, 1.54) is 25.8 Å². The van der Waals surface area contributed by atoms with Crippen molar-refractivity contribution in [2.75, 3.05) is 32.7 Å². The van der Waals surface area contributed by atoms with Crippen LogP contribution >= 0.6 is 0 Å². The van der Waals surface area contributed by atoms with Gasteiger partial charge in [0, 0.05) is 25.7 Å². The summed E-state index contributed by atoms with van der Waals surface area (Å²) in [6, 6.07) is 0.775. The fraction of sp³-hybridized carbons (Fsp3) is 0.933. The first-order chi connectivity index (χ1) is 9.39. The van der Waals surface area contributed by atoms with Crippen LogP contribution in [-0.4, -0.2) is 65.3 Å². The number of hydrogen-bond donors (Lipinski definition) is 2. The topological polar surface area (TPSA) is 55.8 Å². The second-order valence-corrected chi connectivity index (χ2v) is 6.89. The number of carbonyl (C=O) groups excluding carboxylic acids is 1. The van der Waals surface area contributed by atoms with E-state index in [1.807, 2.05) is 6.92 Å². The van der Waals surface area contributed by atoms with Gasteiger partial charge in [-0.05, 0) is 52.5 Å². The molecule has 0 spiro atoms. The molecule has 0 aromatic rings. The van der Waals surface area contributed by atoms with E-state index in [1.54, 1.807) is 18.7 Å². The lowest BCUT2D eigenvalue weighted by Crippen LogP contribution is -2.47. The monoisotopic (exact) mass is 283 g/mol. The highest BCUT2D eigenvalue weighted by molar-refractivity contribution is 5.74. The molecule has 1 unspecified atom stereocenters. The lowest BCUT2D eigenvalue weighted by Gasteiger charge is -2.28. The molecule has 2 amide bonds. The van der Waals surface area contributed by atoms with Gasteiger partial charge in [0.2, 0.25) is 0 Å². The molecule has 5 nitrogen and oxygen atoms in total. The van der Waals surface area contributed by atoms with Gasteiger partial charge in [-0.15, -0.1) is 0 Å². The Morgan fingerprint density at radius 3 is 2.65 bits per heavy atom. The number of aliphatic hydroxyl groups is 1. The molecule has 2 fully saturated rings. The molecule has 116 valence electrons. The highest BCUT2D eigenvalue weighted by Gasteiger charge is 2.34. The van der Waals surface area contributed by atoms with Crippen LogP contribution in [0.5, 0.6) is 0 Å². The van der Waals surface area contributed by atoms with Crippen molar-refractivity contribution < 1.29 is 9.90 Å². The minimum atomic E-state index is -0.844. The zero-order valence-corrected chi connectivity index (χ0v) is 13.1. The third-order valence-electron chi connectivity index (χ3n) is 4.17. The Balaban J connectivity index is 1.70. The van der Waals surface area contributed by atoms with Gasteiger partial charge in [0.15, 0.2) is 0 Å². The maximum atomic E-state index is 12.1. The van der Waals surface area contributed by atoms with E-state index >= 15 is 0 Å². The van der Waals surface area contributed by atoms with Gasteiger partial charge in [0.1, 0.15) is 0 Å². The average Bonchev–Trinajstić information content (AvgIpc) is 3.11. The number of likely N-dealkylation sites (N-methyl/N-ethyl adjacent to an activating group) is 1. The zero-order valence-electron chi connectivity index (χ0n) is 13.1. The summed E-state index contributed by atoms with van der Waals surface area (Å²) in [5.41, 5.74) is -0.844. The van der Waals surface area contributed by atoms with Crippen molar-refractivity contribution in [2.24, 2.45) is 5.92 Å². The van der Waals surface area contributed by atoms with E-state index < -0.39 is 5.60 Å². The minimum absolute atomic E-state index is 0.0560. The van der Waals surface area contributed by atoms with E-state index in [2.05, 4.69) is 10.2 Å². The van der Waals surface area contributed by atoms with Crippen LogP contribution in [0, 0.1) is 5.92 Å². The standard InChI is InChI=1S/C15H29N3O2/c1-4-17(11-15(2,3)20)14(19)16-9-12-7-8-18(10-12)13-5-6-13/h12-13,20H,4-11H2,1-3H3,(H,16,19). The largest absolute Gasteiger partial charge is 0.389 e. The molecule has 0 aromatic carbocycles. The highest BCUT2D eigenvalue weighted by Crippen LogP contribution is 2.31. The van der Waals surface area contributed by atoms with Crippen LogP contribution in [0.25, 0.3) is 0 Å². The summed E-state index contributed by atoms with van der Waals surface area (Å²) in [7, 11) is 0. The van der Waals surface area contributed by atoms with Crippen molar-refractivity contribution in [1.82, 2.24) is 15.1 Å². The summed E-state index contributed by atoms with van der Waals surface area (Å²) in [4.78, 5) is 16.4. The number of hydrogen-bond acceptors (Lipinski definition) is 3. The van der Waals surface area contributed by atoms with Gasteiger partial charge >= 0.3 is 6.03 Å². The first kappa shape index (κ1) is 15.6. The zero-order chi connectivity index (χ0) is 14.8. The Bertz CT molecular complexity index is 337. The lowest BCUT2D eigenvalue weighted by atomic mass is 10.1. The van der Waals surface area contributed by atoms with E-state index in [0.717, 1.165) is 19.1 Å². The van der Waals surface area contributed by atoms with Crippen LogP contribution in [0.1, 0.15) is 40.0 Å². The van der Waals surface area contributed by atoms with Gasteiger partial charge in [-0.2, -0.15) is 0 Å². The molecule has 1 saturated carbocycles. The maximum absolute atomic E-state index is 12.1. The molecule has 1 aliphatic heterocycles. The number of rotatable bonds is 6. The van der Waals surface area contributed by atoms with Crippen LogP contribution in [0.3, 0.4) is 0 Å². The molecule has 2 rings (SSSR count). The summed E-state index contributed by atoms with van der Waals surface area (Å²) in [6.07, 6.45) is 3.90. The summed E-state index contributed by atoms with van der Waals surface area (Å²) < 4.78 is 0. The molecule has 20 heavy (non-hydrogen) atoms. The van der Waals surface area contributed by atoms with Crippen molar-refractivity contribution in [3.63, 3.8) is 0 Å². The highest BCUT2D eigenvalue weighted by atomic mass is 16.3. The summed E-state index contributed by atoms with van der Waals surface area (Å²) >= 11 is 0. The van der Waals surface area contributed by atoms with Gasteiger partial charge in [0.25, 0.3) is 0 Å². The molecule has 5 heteroatoms. The van der Waals surface area contributed by atoms with Gasteiger partial charge in [-0.1, -0.05) is 0 Å². The van der Waals surface area contributed by atoms with Gasteiger partial charge in [-0.25, -0.2) is 4.79 Å². The number of amides is 2. The molecule has 0 radical (unpaired) electrons. The van der Waals surface area contributed by atoms with Crippen LogP contribution in [-0.2, 0) is 0 Å². The van der Waals surface area contributed by atoms with Crippen LogP contribution in [0.4, 0.5) is 4.79 Å². The maximum Gasteiger partial charge on any atom is 0.317 e. The normalized spacial score (nSPS) is 23.9. The fourth-order valence-electron chi connectivity index (χ4n) is 2.94. The Labute approximate surface area is 122 Å². The summed E-state index contributed by atoms with van der Waals surface area (Å²) in [5, 5.41) is 12.8. The van der Waals surface area contributed by atoms with Crippen molar-refractivity contribution in [2.45, 2.75) is 51.7 Å². The molecular weight excluding hydrogens is 254 g/mol. The van der Waals surface area contributed by atoms with Crippen molar-refractivity contribution >= 4 is 6.03 Å². The third kappa shape index (κ3) is 4.63. The molecule has 0 bridgehead atoms. The van der Waals surface area contributed by atoms with Crippen molar-refractivity contribution in [3.05, 3.63) is 0 Å². The molecule has 2 N–H and O–H groups in total. The quantitative estimate of drug-likeness (QED) is 0.772. The average molecular weight is 283 g/mol. The Kier molecular flexibility index (Phi) is 4.91. The third-order valence-corrected chi connectivity index (χ3v) is 4.17. The van der Waals surface area contributed by atoms with E-state index in [0.29, 0.717) is 19.0 Å². The Morgan fingerprint density at radius 2 is 2.10 bits per heavy atom. The number of urea groups is 1.